The number of anilines is 1. The van der Waals surface area contributed by atoms with Crippen LogP contribution in [0.2, 0.25) is 0 Å². The van der Waals surface area contributed by atoms with Gasteiger partial charge < -0.3 is 10.6 Å². The average molecular weight is 273 g/mol. The van der Waals surface area contributed by atoms with Crippen LogP contribution < -0.4 is 10.6 Å². The van der Waals surface area contributed by atoms with Gasteiger partial charge in [-0.15, -0.1) is 0 Å². The highest BCUT2D eigenvalue weighted by Crippen LogP contribution is 2.29. The summed E-state index contributed by atoms with van der Waals surface area (Å²) in [6, 6.07) is 9.04. The van der Waals surface area contributed by atoms with E-state index in [1.807, 2.05) is 24.3 Å². The molecule has 0 bridgehead atoms. The number of amides is 1. The predicted molar refractivity (Wildman–Crippen MR) is 81.1 cm³/mol. The zero-order valence-electron chi connectivity index (χ0n) is 12.1. The van der Waals surface area contributed by atoms with E-state index in [1.165, 1.54) is 38.8 Å². The van der Waals surface area contributed by atoms with Crippen molar-refractivity contribution in [2.24, 2.45) is 0 Å². The van der Waals surface area contributed by atoms with Crippen LogP contribution in [0.5, 0.6) is 0 Å². The Labute approximate surface area is 120 Å². The Balaban J connectivity index is 1.64. The molecule has 0 aromatic heterocycles. The first-order valence-electron chi connectivity index (χ1n) is 7.60. The molecule has 2 N–H and O–H groups in total. The van der Waals surface area contributed by atoms with Gasteiger partial charge in [0, 0.05) is 36.9 Å². The van der Waals surface area contributed by atoms with Crippen molar-refractivity contribution in [1.82, 2.24) is 10.2 Å². The first-order chi connectivity index (χ1) is 9.78. The first kappa shape index (κ1) is 13.4. The molecule has 4 heteroatoms. The van der Waals surface area contributed by atoms with Gasteiger partial charge in [0.15, 0.2) is 0 Å². The van der Waals surface area contributed by atoms with Gasteiger partial charge in [0.2, 0.25) is 0 Å². The van der Waals surface area contributed by atoms with Crippen LogP contribution in [0, 0.1) is 0 Å². The molecule has 2 saturated heterocycles. The number of carbonyl (C=O) groups is 1. The second-order valence-electron chi connectivity index (χ2n) is 5.80. The van der Waals surface area contributed by atoms with E-state index in [0.29, 0.717) is 17.6 Å². The van der Waals surface area contributed by atoms with E-state index >= 15 is 0 Å². The van der Waals surface area contributed by atoms with Gasteiger partial charge in [0.05, 0.1) is 0 Å². The molecule has 1 aromatic carbocycles. The standard InChI is InChI=1S/C16H23N3O/c1-17-16(20)12-5-7-13(8-6-12)18-14-9-11-19-10-3-2-4-15(14)19/h5-8,14-15,18H,2-4,9-11H2,1H3,(H,17,20). The number of fused-ring (bicyclic) bond motifs is 1. The van der Waals surface area contributed by atoms with Gasteiger partial charge in [0.25, 0.3) is 5.91 Å². The fourth-order valence-corrected chi connectivity index (χ4v) is 3.49. The number of nitrogens with one attached hydrogen (secondary N) is 2. The monoisotopic (exact) mass is 273 g/mol. The second-order valence-corrected chi connectivity index (χ2v) is 5.80. The van der Waals surface area contributed by atoms with Gasteiger partial charge in [-0.3, -0.25) is 9.69 Å². The lowest BCUT2D eigenvalue weighted by atomic mass is 9.99. The smallest absolute Gasteiger partial charge is 0.251 e. The summed E-state index contributed by atoms with van der Waals surface area (Å²) in [5, 5.41) is 6.30. The Bertz CT molecular complexity index is 471. The highest BCUT2D eigenvalue weighted by Gasteiger charge is 2.35. The van der Waals surface area contributed by atoms with Crippen molar-refractivity contribution in [3.63, 3.8) is 0 Å². The van der Waals surface area contributed by atoms with E-state index in [1.54, 1.807) is 7.05 Å². The van der Waals surface area contributed by atoms with Crippen LogP contribution >= 0.6 is 0 Å². The van der Waals surface area contributed by atoms with E-state index in [-0.39, 0.29) is 5.91 Å². The molecule has 1 amide bonds. The molecule has 0 saturated carbocycles. The number of nitrogens with zero attached hydrogens (tertiary/aromatic N) is 1. The van der Waals surface area contributed by atoms with Crippen LogP contribution in [0.3, 0.4) is 0 Å². The maximum absolute atomic E-state index is 11.5. The van der Waals surface area contributed by atoms with Gasteiger partial charge in [-0.2, -0.15) is 0 Å². The molecule has 4 nitrogen and oxygen atoms in total. The van der Waals surface area contributed by atoms with E-state index in [9.17, 15) is 4.79 Å². The highest BCUT2D eigenvalue weighted by molar-refractivity contribution is 5.94. The molecule has 108 valence electrons. The van der Waals surface area contributed by atoms with E-state index < -0.39 is 0 Å². The zero-order chi connectivity index (χ0) is 13.9. The normalized spacial score (nSPS) is 26.1. The summed E-state index contributed by atoms with van der Waals surface area (Å²) in [6.07, 6.45) is 5.24. The summed E-state index contributed by atoms with van der Waals surface area (Å²) < 4.78 is 0. The Morgan fingerprint density at radius 1 is 1.15 bits per heavy atom. The van der Waals surface area contributed by atoms with Gasteiger partial charge in [0.1, 0.15) is 0 Å². The summed E-state index contributed by atoms with van der Waals surface area (Å²) in [7, 11) is 1.66. The quantitative estimate of drug-likeness (QED) is 0.886. The van der Waals surface area contributed by atoms with Crippen LogP contribution in [0.4, 0.5) is 5.69 Å². The summed E-state index contributed by atoms with van der Waals surface area (Å²) in [6.45, 7) is 2.48. The lowest BCUT2D eigenvalue weighted by Gasteiger charge is -2.33. The molecule has 20 heavy (non-hydrogen) atoms. The third kappa shape index (κ3) is 2.66. The van der Waals surface area contributed by atoms with Gasteiger partial charge in [-0.1, -0.05) is 6.42 Å². The molecule has 1 aromatic rings. The van der Waals surface area contributed by atoms with Gasteiger partial charge >= 0.3 is 0 Å². The number of benzene rings is 1. The Hall–Kier alpha value is -1.55. The lowest BCUT2D eigenvalue weighted by molar-refractivity contribution is 0.0963. The van der Waals surface area contributed by atoms with Crippen molar-refractivity contribution in [1.29, 1.82) is 0 Å². The van der Waals surface area contributed by atoms with E-state index in [0.717, 1.165) is 5.69 Å². The van der Waals surface area contributed by atoms with Crippen LogP contribution in [-0.4, -0.2) is 43.0 Å². The summed E-state index contributed by atoms with van der Waals surface area (Å²) >= 11 is 0. The Kier molecular flexibility index (Phi) is 3.92. The number of hydrogen-bond acceptors (Lipinski definition) is 3. The molecular formula is C16H23N3O. The minimum atomic E-state index is -0.0316. The maximum atomic E-state index is 11.5. The molecule has 3 rings (SSSR count). The van der Waals surface area contributed by atoms with E-state index in [4.69, 9.17) is 0 Å². The number of piperidine rings is 1. The summed E-state index contributed by atoms with van der Waals surface area (Å²) in [4.78, 5) is 14.1. The number of hydrogen-bond donors (Lipinski definition) is 2. The average Bonchev–Trinajstić information content (AvgIpc) is 2.91. The maximum Gasteiger partial charge on any atom is 0.251 e. The van der Waals surface area contributed by atoms with Gasteiger partial charge in [-0.05, 0) is 50.1 Å². The molecule has 2 unspecified atom stereocenters. The van der Waals surface area contributed by atoms with Crippen molar-refractivity contribution in [3.8, 4) is 0 Å². The molecule has 2 aliphatic heterocycles. The van der Waals surface area contributed by atoms with Crippen LogP contribution in [0.25, 0.3) is 0 Å². The van der Waals surface area contributed by atoms with Crippen molar-refractivity contribution < 1.29 is 4.79 Å². The molecule has 0 spiro atoms. The number of rotatable bonds is 3. The molecule has 2 heterocycles. The largest absolute Gasteiger partial charge is 0.381 e. The number of carbonyl (C=O) groups excluding carboxylic acids is 1. The summed E-state index contributed by atoms with van der Waals surface area (Å²) in [5.41, 5.74) is 1.83. The molecule has 0 aliphatic carbocycles. The van der Waals surface area contributed by atoms with Crippen molar-refractivity contribution in [3.05, 3.63) is 29.8 Å². The first-order valence-corrected chi connectivity index (χ1v) is 7.60. The SMILES string of the molecule is CNC(=O)c1ccc(NC2CCN3CCCCC23)cc1. The molecule has 2 atom stereocenters. The highest BCUT2D eigenvalue weighted by atomic mass is 16.1. The van der Waals surface area contributed by atoms with Crippen LogP contribution in [0.1, 0.15) is 36.0 Å². The summed E-state index contributed by atoms with van der Waals surface area (Å²) in [5.74, 6) is -0.0316. The fraction of sp³-hybridized carbons (Fsp3) is 0.562. The lowest BCUT2D eigenvalue weighted by Crippen LogP contribution is -2.41. The van der Waals surface area contributed by atoms with Crippen LogP contribution in [-0.2, 0) is 0 Å². The van der Waals surface area contributed by atoms with Crippen LogP contribution in [0.15, 0.2) is 24.3 Å². The minimum Gasteiger partial charge on any atom is -0.381 e. The van der Waals surface area contributed by atoms with Crippen molar-refractivity contribution in [2.45, 2.75) is 37.8 Å². The fourth-order valence-electron chi connectivity index (χ4n) is 3.49. The van der Waals surface area contributed by atoms with Gasteiger partial charge in [-0.25, -0.2) is 0 Å². The molecule has 2 fully saturated rings. The second kappa shape index (κ2) is 5.83. The third-order valence-electron chi connectivity index (χ3n) is 4.58. The van der Waals surface area contributed by atoms with Crippen molar-refractivity contribution >= 4 is 11.6 Å². The Morgan fingerprint density at radius 3 is 2.70 bits per heavy atom. The molecular weight excluding hydrogens is 250 g/mol. The molecule has 2 aliphatic rings. The minimum absolute atomic E-state index is 0.0316. The third-order valence-corrected chi connectivity index (χ3v) is 4.58. The van der Waals surface area contributed by atoms with Crippen molar-refractivity contribution in [2.75, 3.05) is 25.5 Å². The zero-order valence-corrected chi connectivity index (χ0v) is 12.1. The molecule has 0 radical (unpaired) electrons. The van der Waals surface area contributed by atoms with E-state index in [2.05, 4.69) is 15.5 Å². The predicted octanol–water partition coefficient (Wildman–Crippen LogP) is 2.08. The Morgan fingerprint density at radius 2 is 1.95 bits per heavy atom. The topological polar surface area (TPSA) is 44.4 Å².